The lowest BCUT2D eigenvalue weighted by Gasteiger charge is -2.21. The minimum absolute atomic E-state index is 0.116. The maximum atomic E-state index is 11.5. The molecular formula is C13H21N3O3. The van der Waals surface area contributed by atoms with Gasteiger partial charge >= 0.3 is 5.97 Å². The van der Waals surface area contributed by atoms with E-state index in [1.165, 1.54) is 0 Å². The Kier molecular flexibility index (Phi) is 4.19. The first-order valence-electron chi connectivity index (χ1n) is 6.76. The third-order valence-electron chi connectivity index (χ3n) is 3.40. The first-order chi connectivity index (χ1) is 9.00. The monoisotopic (exact) mass is 267 g/mol. The van der Waals surface area contributed by atoms with E-state index in [-0.39, 0.29) is 6.10 Å². The Morgan fingerprint density at radius 3 is 2.79 bits per heavy atom. The van der Waals surface area contributed by atoms with Crippen LogP contribution in [0.25, 0.3) is 0 Å². The molecule has 0 aliphatic carbocycles. The number of hydrogen-bond donors (Lipinski definition) is 1. The average molecular weight is 267 g/mol. The fourth-order valence-electron chi connectivity index (χ4n) is 2.53. The summed E-state index contributed by atoms with van der Waals surface area (Å²) in [6.45, 7) is 6.53. The van der Waals surface area contributed by atoms with Crippen LogP contribution in [-0.2, 0) is 9.53 Å². The van der Waals surface area contributed by atoms with E-state index in [1.807, 2.05) is 13.8 Å². The molecule has 1 N–H and O–H groups in total. The molecular weight excluding hydrogens is 246 g/mol. The maximum Gasteiger partial charge on any atom is 0.326 e. The predicted octanol–water partition coefficient (Wildman–Crippen LogP) is 2.11. The van der Waals surface area contributed by atoms with Crippen LogP contribution in [0.5, 0.6) is 0 Å². The normalized spacial score (nSPS) is 20.9. The van der Waals surface area contributed by atoms with E-state index in [4.69, 9.17) is 4.74 Å². The summed E-state index contributed by atoms with van der Waals surface area (Å²) in [6, 6.07) is -0.616. The number of carboxylic acid groups (broad SMARTS) is 1. The fourth-order valence-corrected chi connectivity index (χ4v) is 2.53. The maximum absolute atomic E-state index is 11.5. The molecule has 0 spiro atoms. The van der Waals surface area contributed by atoms with Crippen molar-refractivity contribution < 1.29 is 14.6 Å². The molecule has 106 valence electrons. The summed E-state index contributed by atoms with van der Waals surface area (Å²) in [5.74, 6) is 0.748. The van der Waals surface area contributed by atoms with Gasteiger partial charge in [0.25, 0.3) is 0 Å². The zero-order valence-electron chi connectivity index (χ0n) is 11.7. The van der Waals surface area contributed by atoms with Gasteiger partial charge in [0, 0.05) is 6.61 Å². The highest BCUT2D eigenvalue weighted by molar-refractivity contribution is 5.72. The number of carboxylic acids is 1. The summed E-state index contributed by atoms with van der Waals surface area (Å²) < 4.78 is 7.35. The van der Waals surface area contributed by atoms with E-state index >= 15 is 0 Å². The lowest BCUT2D eigenvalue weighted by atomic mass is 10.0. The van der Waals surface area contributed by atoms with E-state index in [2.05, 4.69) is 10.2 Å². The van der Waals surface area contributed by atoms with Gasteiger partial charge in [0.05, 0.1) is 0 Å². The van der Waals surface area contributed by atoms with Crippen LogP contribution in [0.1, 0.15) is 56.9 Å². The van der Waals surface area contributed by atoms with Gasteiger partial charge in [-0.2, -0.15) is 0 Å². The van der Waals surface area contributed by atoms with Crippen LogP contribution in [0, 0.1) is 12.8 Å². The van der Waals surface area contributed by atoms with Crippen molar-refractivity contribution in [2.24, 2.45) is 5.92 Å². The highest BCUT2D eigenvalue weighted by Crippen LogP contribution is 2.31. The first kappa shape index (κ1) is 14.0. The molecule has 0 radical (unpaired) electrons. The van der Waals surface area contributed by atoms with Gasteiger partial charge in [-0.25, -0.2) is 4.79 Å². The molecule has 1 aromatic rings. The molecule has 1 aliphatic heterocycles. The second-order valence-corrected chi connectivity index (χ2v) is 5.46. The van der Waals surface area contributed by atoms with Crippen molar-refractivity contribution in [3.8, 4) is 0 Å². The van der Waals surface area contributed by atoms with Gasteiger partial charge in [0.2, 0.25) is 0 Å². The second-order valence-electron chi connectivity index (χ2n) is 5.46. The molecule has 2 rings (SSSR count). The molecule has 2 atom stereocenters. The van der Waals surface area contributed by atoms with E-state index in [0.29, 0.717) is 30.6 Å². The molecule has 0 amide bonds. The van der Waals surface area contributed by atoms with Gasteiger partial charge in [-0.1, -0.05) is 13.8 Å². The van der Waals surface area contributed by atoms with Crippen molar-refractivity contribution in [2.45, 2.75) is 52.2 Å². The van der Waals surface area contributed by atoms with Crippen LogP contribution in [-0.4, -0.2) is 32.4 Å². The van der Waals surface area contributed by atoms with Crippen LogP contribution >= 0.6 is 0 Å². The quantitative estimate of drug-likeness (QED) is 0.884. The zero-order chi connectivity index (χ0) is 14.0. The van der Waals surface area contributed by atoms with Gasteiger partial charge in [0.15, 0.2) is 5.82 Å². The van der Waals surface area contributed by atoms with Crippen molar-refractivity contribution in [2.75, 3.05) is 6.61 Å². The van der Waals surface area contributed by atoms with Gasteiger partial charge in [-0.15, -0.1) is 10.2 Å². The Labute approximate surface area is 112 Å². The zero-order valence-corrected chi connectivity index (χ0v) is 11.7. The lowest BCUT2D eigenvalue weighted by molar-refractivity contribution is -0.141. The van der Waals surface area contributed by atoms with Crippen LogP contribution in [0.4, 0.5) is 0 Å². The number of aryl methyl sites for hydroxylation is 1. The fraction of sp³-hybridized carbons (Fsp3) is 0.769. The second kappa shape index (κ2) is 5.69. The SMILES string of the molecule is Cc1nnc(C2CCCO2)n1C(CC(C)C)C(=O)O. The number of aliphatic carboxylic acids is 1. The van der Waals surface area contributed by atoms with Gasteiger partial charge in [-0.3, -0.25) is 4.57 Å². The molecule has 2 heterocycles. The van der Waals surface area contributed by atoms with Gasteiger partial charge in [0.1, 0.15) is 18.0 Å². The Bertz CT molecular complexity index is 450. The Morgan fingerprint density at radius 2 is 2.26 bits per heavy atom. The van der Waals surface area contributed by atoms with Crippen LogP contribution in [0.15, 0.2) is 0 Å². The first-order valence-corrected chi connectivity index (χ1v) is 6.76. The summed E-state index contributed by atoms with van der Waals surface area (Å²) in [5.41, 5.74) is 0. The number of aromatic nitrogens is 3. The Balaban J connectivity index is 2.34. The minimum Gasteiger partial charge on any atom is -0.480 e. The van der Waals surface area contributed by atoms with Crippen LogP contribution in [0.3, 0.4) is 0 Å². The van der Waals surface area contributed by atoms with Gasteiger partial charge in [-0.05, 0) is 32.1 Å². The molecule has 6 heteroatoms. The Hall–Kier alpha value is -1.43. The molecule has 0 saturated carbocycles. The number of carbonyl (C=O) groups is 1. The van der Waals surface area contributed by atoms with E-state index < -0.39 is 12.0 Å². The van der Waals surface area contributed by atoms with Crippen molar-refractivity contribution in [1.82, 2.24) is 14.8 Å². The van der Waals surface area contributed by atoms with Crippen molar-refractivity contribution in [1.29, 1.82) is 0 Å². The molecule has 0 aromatic carbocycles. The van der Waals surface area contributed by atoms with Gasteiger partial charge < -0.3 is 9.84 Å². The van der Waals surface area contributed by atoms with E-state index in [1.54, 1.807) is 11.5 Å². The number of ether oxygens (including phenoxy) is 1. The third-order valence-corrected chi connectivity index (χ3v) is 3.40. The predicted molar refractivity (Wildman–Crippen MR) is 68.8 cm³/mol. The summed E-state index contributed by atoms with van der Waals surface area (Å²) in [6.07, 6.45) is 2.31. The molecule has 1 aromatic heterocycles. The topological polar surface area (TPSA) is 77.2 Å². The number of nitrogens with zero attached hydrogens (tertiary/aromatic N) is 3. The number of hydrogen-bond acceptors (Lipinski definition) is 4. The molecule has 1 aliphatic rings. The molecule has 2 unspecified atom stereocenters. The highest BCUT2D eigenvalue weighted by Gasteiger charge is 2.31. The third kappa shape index (κ3) is 2.94. The average Bonchev–Trinajstić information content (AvgIpc) is 2.94. The van der Waals surface area contributed by atoms with E-state index in [0.717, 1.165) is 12.8 Å². The standard InChI is InChI=1S/C13H21N3O3/c1-8(2)7-10(13(17)18)16-9(3)14-15-12(16)11-5-4-6-19-11/h8,10-11H,4-7H2,1-3H3,(H,17,18). The van der Waals surface area contributed by atoms with Crippen LogP contribution in [0.2, 0.25) is 0 Å². The summed E-state index contributed by atoms with van der Waals surface area (Å²) >= 11 is 0. The van der Waals surface area contributed by atoms with Crippen molar-refractivity contribution >= 4 is 5.97 Å². The summed E-state index contributed by atoms with van der Waals surface area (Å²) in [4.78, 5) is 11.5. The summed E-state index contributed by atoms with van der Waals surface area (Å²) in [5, 5.41) is 17.6. The molecule has 1 saturated heterocycles. The minimum atomic E-state index is -0.837. The number of rotatable bonds is 5. The highest BCUT2D eigenvalue weighted by atomic mass is 16.5. The van der Waals surface area contributed by atoms with Crippen molar-refractivity contribution in [3.05, 3.63) is 11.6 Å². The smallest absolute Gasteiger partial charge is 0.326 e. The largest absolute Gasteiger partial charge is 0.480 e. The molecule has 19 heavy (non-hydrogen) atoms. The Morgan fingerprint density at radius 1 is 1.53 bits per heavy atom. The van der Waals surface area contributed by atoms with Crippen molar-refractivity contribution in [3.63, 3.8) is 0 Å². The summed E-state index contributed by atoms with van der Waals surface area (Å²) in [7, 11) is 0. The van der Waals surface area contributed by atoms with E-state index in [9.17, 15) is 9.90 Å². The molecule has 1 fully saturated rings. The molecule has 0 bridgehead atoms. The lowest BCUT2D eigenvalue weighted by Crippen LogP contribution is -2.25. The van der Waals surface area contributed by atoms with Crippen LogP contribution < -0.4 is 0 Å². The molecule has 6 nitrogen and oxygen atoms in total.